The lowest BCUT2D eigenvalue weighted by atomic mass is 10.1. The molecule has 0 aliphatic carbocycles. The monoisotopic (exact) mass is 394 g/mol. The Hall–Kier alpha value is -2.94. The molecule has 1 heterocycles. The van der Waals surface area contributed by atoms with Gasteiger partial charge in [0, 0.05) is 5.56 Å². The summed E-state index contributed by atoms with van der Waals surface area (Å²) in [6, 6.07) is 10.0. The van der Waals surface area contributed by atoms with Crippen LogP contribution in [0, 0.1) is 6.92 Å². The van der Waals surface area contributed by atoms with Crippen molar-refractivity contribution in [2.45, 2.75) is 19.6 Å². The number of benzene rings is 2. The molecule has 2 aromatic carbocycles. The smallest absolute Gasteiger partial charge is 0.417 e. The second kappa shape index (κ2) is 6.99. The maximum Gasteiger partial charge on any atom is 0.417 e. The van der Waals surface area contributed by atoms with E-state index in [9.17, 15) is 22.8 Å². The number of carbonyl (C=O) groups is 2. The molecule has 0 bridgehead atoms. The minimum Gasteiger partial charge on any atom is -0.480 e. The zero-order chi connectivity index (χ0) is 19.8. The number of aliphatic carboxylic acids is 1. The van der Waals surface area contributed by atoms with Crippen molar-refractivity contribution in [3.63, 3.8) is 0 Å². The Kier molecular flexibility index (Phi) is 4.88. The predicted octanol–water partition coefficient (Wildman–Crippen LogP) is 3.86. The van der Waals surface area contributed by atoms with E-state index in [2.05, 4.69) is 4.99 Å². The van der Waals surface area contributed by atoms with Gasteiger partial charge in [-0.05, 0) is 31.2 Å². The summed E-state index contributed by atoms with van der Waals surface area (Å²) >= 11 is 0.638. The maximum absolute atomic E-state index is 13.3. The summed E-state index contributed by atoms with van der Waals surface area (Å²) in [6.07, 6.45) is -4.61. The average Bonchev–Trinajstić information content (AvgIpc) is 2.91. The Labute approximate surface area is 155 Å². The summed E-state index contributed by atoms with van der Waals surface area (Å²) in [7, 11) is 0. The molecule has 3 aromatic rings. The molecule has 27 heavy (non-hydrogen) atoms. The number of carboxylic acids is 1. The first kappa shape index (κ1) is 18.8. The van der Waals surface area contributed by atoms with E-state index in [1.54, 1.807) is 24.3 Å². The molecule has 9 heteroatoms. The van der Waals surface area contributed by atoms with E-state index in [4.69, 9.17) is 5.11 Å². The van der Waals surface area contributed by atoms with E-state index in [1.165, 1.54) is 12.1 Å². The van der Waals surface area contributed by atoms with Gasteiger partial charge in [-0.2, -0.15) is 18.2 Å². The minimum absolute atomic E-state index is 0.0627. The fourth-order valence-corrected chi connectivity index (χ4v) is 3.70. The van der Waals surface area contributed by atoms with Crippen LogP contribution in [0.3, 0.4) is 0 Å². The van der Waals surface area contributed by atoms with Gasteiger partial charge in [0.2, 0.25) is 0 Å². The van der Waals surface area contributed by atoms with Crippen molar-refractivity contribution in [2.75, 3.05) is 0 Å². The van der Waals surface area contributed by atoms with Crippen LogP contribution in [0.4, 0.5) is 13.2 Å². The highest BCUT2D eigenvalue weighted by atomic mass is 32.1. The van der Waals surface area contributed by atoms with Crippen molar-refractivity contribution in [2.24, 2.45) is 4.99 Å². The Bertz CT molecular complexity index is 1100. The van der Waals surface area contributed by atoms with Gasteiger partial charge < -0.3 is 9.67 Å². The van der Waals surface area contributed by atoms with Crippen LogP contribution in [0.15, 0.2) is 47.5 Å². The Morgan fingerprint density at radius 1 is 1.15 bits per heavy atom. The van der Waals surface area contributed by atoms with E-state index < -0.39 is 30.2 Å². The van der Waals surface area contributed by atoms with Crippen LogP contribution in [0.5, 0.6) is 0 Å². The fraction of sp³-hybridized carbons (Fsp3) is 0.167. The third-order valence-corrected chi connectivity index (χ3v) is 4.93. The van der Waals surface area contributed by atoms with E-state index in [0.29, 0.717) is 11.3 Å². The molecular weight excluding hydrogens is 381 g/mol. The largest absolute Gasteiger partial charge is 0.480 e. The lowest BCUT2D eigenvalue weighted by Crippen LogP contribution is -2.21. The van der Waals surface area contributed by atoms with Crippen LogP contribution < -0.4 is 4.80 Å². The number of rotatable bonds is 3. The van der Waals surface area contributed by atoms with E-state index in [-0.39, 0.29) is 20.6 Å². The SMILES string of the molecule is Cc1ccc(C(=O)N=c2sc3c(C(F)(F)F)cccc3n2CC(=O)O)cc1. The Morgan fingerprint density at radius 2 is 1.81 bits per heavy atom. The summed E-state index contributed by atoms with van der Waals surface area (Å²) in [5, 5.41) is 9.12. The second-order valence-corrected chi connectivity index (χ2v) is 6.78. The van der Waals surface area contributed by atoms with E-state index in [0.717, 1.165) is 16.2 Å². The Morgan fingerprint density at radius 3 is 2.41 bits per heavy atom. The number of fused-ring (bicyclic) bond motifs is 1. The van der Waals surface area contributed by atoms with Gasteiger partial charge in [-0.25, -0.2) is 0 Å². The van der Waals surface area contributed by atoms with Gasteiger partial charge in [-0.15, -0.1) is 0 Å². The van der Waals surface area contributed by atoms with Gasteiger partial charge in [0.05, 0.1) is 15.8 Å². The third-order valence-electron chi connectivity index (χ3n) is 3.80. The van der Waals surface area contributed by atoms with Crippen molar-refractivity contribution in [3.05, 3.63) is 64.0 Å². The van der Waals surface area contributed by atoms with Crippen molar-refractivity contribution in [1.82, 2.24) is 4.57 Å². The molecule has 0 spiro atoms. The normalized spacial score (nSPS) is 12.5. The number of carboxylic acid groups (broad SMARTS) is 1. The summed E-state index contributed by atoms with van der Waals surface area (Å²) < 4.78 is 40.7. The highest BCUT2D eigenvalue weighted by Gasteiger charge is 2.33. The molecule has 0 saturated heterocycles. The molecule has 0 aliphatic heterocycles. The van der Waals surface area contributed by atoms with Gasteiger partial charge in [-0.3, -0.25) is 9.59 Å². The summed E-state index contributed by atoms with van der Waals surface area (Å²) in [5.74, 6) is -1.91. The average molecular weight is 394 g/mol. The molecule has 1 N–H and O–H groups in total. The predicted molar refractivity (Wildman–Crippen MR) is 93.5 cm³/mol. The maximum atomic E-state index is 13.3. The van der Waals surface area contributed by atoms with Crippen LogP contribution in [-0.4, -0.2) is 21.6 Å². The number of amides is 1. The zero-order valence-corrected chi connectivity index (χ0v) is 14.8. The molecule has 3 rings (SSSR count). The van der Waals surface area contributed by atoms with Crippen LogP contribution >= 0.6 is 11.3 Å². The molecule has 1 amide bonds. The molecule has 140 valence electrons. The standard InChI is InChI=1S/C18H13F3N2O3S/c1-10-5-7-11(8-6-10)16(26)22-17-23(9-14(24)25)13-4-2-3-12(15(13)27-17)18(19,20)21/h2-8H,9H2,1H3,(H,24,25). The van der Waals surface area contributed by atoms with Crippen molar-refractivity contribution in [1.29, 1.82) is 0 Å². The third kappa shape index (κ3) is 3.92. The zero-order valence-electron chi connectivity index (χ0n) is 13.9. The van der Waals surface area contributed by atoms with Crippen molar-refractivity contribution >= 4 is 33.4 Å². The first-order chi connectivity index (χ1) is 12.7. The van der Waals surface area contributed by atoms with Gasteiger partial charge in [0.15, 0.2) is 4.80 Å². The number of halogens is 3. The fourth-order valence-electron chi connectivity index (χ4n) is 2.54. The molecule has 0 radical (unpaired) electrons. The second-order valence-electron chi connectivity index (χ2n) is 5.80. The molecule has 0 saturated carbocycles. The molecule has 1 aromatic heterocycles. The number of aryl methyl sites for hydroxylation is 1. The number of thiazole rings is 1. The topological polar surface area (TPSA) is 71.7 Å². The minimum atomic E-state index is -4.61. The lowest BCUT2D eigenvalue weighted by molar-refractivity contribution is -0.137. The van der Waals surface area contributed by atoms with Crippen LogP contribution in [0.2, 0.25) is 0 Å². The number of hydrogen-bond donors (Lipinski definition) is 1. The van der Waals surface area contributed by atoms with Gasteiger partial charge in [0.1, 0.15) is 6.54 Å². The van der Waals surface area contributed by atoms with Crippen molar-refractivity contribution < 1.29 is 27.9 Å². The summed E-state index contributed by atoms with van der Waals surface area (Å²) in [4.78, 5) is 27.3. The first-order valence-electron chi connectivity index (χ1n) is 7.74. The summed E-state index contributed by atoms with van der Waals surface area (Å²) in [6.45, 7) is 1.23. The molecule has 0 atom stereocenters. The van der Waals surface area contributed by atoms with Gasteiger partial charge in [-0.1, -0.05) is 35.1 Å². The van der Waals surface area contributed by atoms with E-state index >= 15 is 0 Å². The van der Waals surface area contributed by atoms with Crippen LogP contribution in [0.25, 0.3) is 10.2 Å². The number of hydrogen-bond acceptors (Lipinski definition) is 3. The first-order valence-corrected chi connectivity index (χ1v) is 8.55. The van der Waals surface area contributed by atoms with Gasteiger partial charge >= 0.3 is 12.1 Å². The molecule has 0 aliphatic rings. The Balaban J connectivity index is 2.23. The highest BCUT2D eigenvalue weighted by molar-refractivity contribution is 7.16. The molecule has 0 fully saturated rings. The van der Waals surface area contributed by atoms with Crippen LogP contribution in [0.1, 0.15) is 21.5 Å². The molecule has 5 nitrogen and oxygen atoms in total. The molecular formula is C18H13F3N2O3S. The van der Waals surface area contributed by atoms with E-state index in [1.807, 2.05) is 6.92 Å². The molecule has 0 unspecified atom stereocenters. The highest BCUT2D eigenvalue weighted by Crippen LogP contribution is 2.36. The van der Waals surface area contributed by atoms with Crippen LogP contribution in [-0.2, 0) is 17.5 Å². The van der Waals surface area contributed by atoms with Gasteiger partial charge in [0.25, 0.3) is 5.91 Å². The van der Waals surface area contributed by atoms with Crippen molar-refractivity contribution in [3.8, 4) is 0 Å². The number of nitrogens with zero attached hydrogens (tertiary/aromatic N) is 2. The summed E-state index contributed by atoms with van der Waals surface area (Å²) in [5.41, 5.74) is 0.362. The quantitative estimate of drug-likeness (QED) is 0.733. The number of carbonyl (C=O) groups excluding carboxylic acids is 1. The lowest BCUT2D eigenvalue weighted by Gasteiger charge is -2.07. The number of alkyl halides is 3. The number of aromatic nitrogens is 1.